The van der Waals surface area contributed by atoms with Crippen LogP contribution in [0.2, 0.25) is 0 Å². The van der Waals surface area contributed by atoms with E-state index >= 15 is 0 Å². The molecule has 0 aliphatic heterocycles. The lowest BCUT2D eigenvalue weighted by Crippen LogP contribution is -2.33. The number of hydrogen-bond donors (Lipinski definition) is 0. The van der Waals surface area contributed by atoms with E-state index in [1.54, 1.807) is 47.4 Å². The molecule has 0 fully saturated rings. The molecule has 1 aliphatic rings. The molecule has 134 valence electrons. The van der Waals surface area contributed by atoms with Crippen molar-refractivity contribution in [1.82, 2.24) is 0 Å². The Morgan fingerprint density at radius 3 is 2.15 bits per heavy atom. The van der Waals surface area contributed by atoms with Crippen LogP contribution in [0.5, 0.6) is 0 Å². The normalized spacial score (nSPS) is 12.5. The first-order valence-corrected chi connectivity index (χ1v) is 9.21. The van der Waals surface area contributed by atoms with E-state index in [0.717, 1.165) is 19.3 Å². The summed E-state index contributed by atoms with van der Waals surface area (Å²) in [7, 11) is 0. The fourth-order valence-corrected chi connectivity index (χ4v) is 3.49. The van der Waals surface area contributed by atoms with E-state index in [9.17, 15) is 14.4 Å². The van der Waals surface area contributed by atoms with Crippen LogP contribution in [0.3, 0.4) is 0 Å². The Balaban J connectivity index is 2.04. The van der Waals surface area contributed by atoms with Crippen molar-refractivity contribution in [3.8, 4) is 0 Å². The maximum Gasteiger partial charge on any atom is 0.226 e. The molecule has 0 spiro atoms. The van der Waals surface area contributed by atoms with Gasteiger partial charge in [0.15, 0.2) is 11.6 Å². The Hall–Kier alpha value is -2.75. The fourth-order valence-electron chi connectivity index (χ4n) is 3.49. The summed E-state index contributed by atoms with van der Waals surface area (Å²) in [5.74, 6) is -0.356. The van der Waals surface area contributed by atoms with Gasteiger partial charge in [0, 0.05) is 29.7 Å². The number of carbonyl (C=O) groups is 3. The molecule has 2 aromatic rings. The van der Waals surface area contributed by atoms with Crippen molar-refractivity contribution in [3.05, 3.63) is 64.7 Å². The number of nitrogens with zero attached hydrogens (tertiary/aromatic N) is 1. The summed E-state index contributed by atoms with van der Waals surface area (Å²) in [5.41, 5.74) is 2.11. The molecule has 0 atom stereocenters. The highest BCUT2D eigenvalue weighted by atomic mass is 16.2. The van der Waals surface area contributed by atoms with Crippen LogP contribution in [-0.2, 0) is 4.79 Å². The molecule has 0 radical (unpaired) electrons. The Bertz CT molecular complexity index is 869. The zero-order valence-corrected chi connectivity index (χ0v) is 15.2. The van der Waals surface area contributed by atoms with Gasteiger partial charge in [0.2, 0.25) is 5.91 Å². The van der Waals surface area contributed by atoms with Gasteiger partial charge in [-0.1, -0.05) is 56.2 Å². The second-order valence-corrected chi connectivity index (χ2v) is 6.50. The summed E-state index contributed by atoms with van der Waals surface area (Å²) in [5, 5.41) is 0. The molecule has 0 saturated heterocycles. The minimum Gasteiger partial charge on any atom is -0.312 e. The topological polar surface area (TPSA) is 54.5 Å². The number of anilines is 1. The molecule has 0 bridgehead atoms. The molecule has 3 rings (SSSR count). The van der Waals surface area contributed by atoms with E-state index in [1.165, 1.54) is 0 Å². The number of hydrogen-bond acceptors (Lipinski definition) is 3. The Morgan fingerprint density at radius 1 is 0.846 bits per heavy atom. The number of unbranched alkanes of at least 4 members (excludes halogenated alkanes) is 2. The highest BCUT2D eigenvalue weighted by molar-refractivity contribution is 6.30. The van der Waals surface area contributed by atoms with Crippen molar-refractivity contribution >= 4 is 23.2 Å². The number of benzene rings is 2. The van der Waals surface area contributed by atoms with Gasteiger partial charge < -0.3 is 4.90 Å². The maximum atomic E-state index is 13.1. The van der Waals surface area contributed by atoms with Crippen LogP contribution in [0.4, 0.5) is 5.69 Å². The summed E-state index contributed by atoms with van der Waals surface area (Å²) < 4.78 is 0. The van der Waals surface area contributed by atoms with Crippen molar-refractivity contribution in [2.24, 2.45) is 0 Å². The van der Waals surface area contributed by atoms with Gasteiger partial charge in [-0.15, -0.1) is 0 Å². The predicted molar refractivity (Wildman–Crippen MR) is 102 cm³/mol. The van der Waals surface area contributed by atoms with Crippen molar-refractivity contribution in [2.45, 2.75) is 39.5 Å². The van der Waals surface area contributed by atoms with E-state index in [0.29, 0.717) is 40.9 Å². The zero-order valence-electron chi connectivity index (χ0n) is 15.2. The highest BCUT2D eigenvalue weighted by Gasteiger charge is 2.33. The molecular formula is C22H23NO3. The third kappa shape index (κ3) is 3.07. The molecule has 2 aromatic carbocycles. The lowest BCUT2D eigenvalue weighted by atomic mass is 9.83. The highest BCUT2D eigenvalue weighted by Crippen LogP contribution is 2.34. The summed E-state index contributed by atoms with van der Waals surface area (Å²) in [4.78, 5) is 40.3. The van der Waals surface area contributed by atoms with Crippen molar-refractivity contribution in [1.29, 1.82) is 0 Å². The van der Waals surface area contributed by atoms with Crippen LogP contribution in [0.1, 0.15) is 71.4 Å². The van der Waals surface area contributed by atoms with Crippen LogP contribution in [0.25, 0.3) is 0 Å². The second-order valence-electron chi connectivity index (χ2n) is 6.50. The van der Waals surface area contributed by atoms with Gasteiger partial charge in [-0.3, -0.25) is 14.4 Å². The zero-order chi connectivity index (χ0) is 18.7. The Labute approximate surface area is 153 Å². The van der Waals surface area contributed by atoms with Crippen LogP contribution in [0.15, 0.2) is 42.5 Å². The third-order valence-corrected chi connectivity index (χ3v) is 4.83. The summed E-state index contributed by atoms with van der Waals surface area (Å²) in [6, 6.07) is 12.0. The minimum atomic E-state index is -0.189. The molecular weight excluding hydrogens is 326 g/mol. The molecule has 0 unspecified atom stereocenters. The van der Waals surface area contributed by atoms with Gasteiger partial charge >= 0.3 is 0 Å². The summed E-state index contributed by atoms with van der Waals surface area (Å²) in [6.45, 7) is 4.45. The predicted octanol–water partition coefficient (Wildman–Crippen LogP) is 4.40. The molecule has 26 heavy (non-hydrogen) atoms. The average molecular weight is 349 g/mol. The van der Waals surface area contributed by atoms with Gasteiger partial charge in [-0.05, 0) is 19.4 Å². The van der Waals surface area contributed by atoms with E-state index in [-0.39, 0.29) is 17.5 Å². The van der Waals surface area contributed by atoms with Gasteiger partial charge in [0.25, 0.3) is 0 Å². The lowest BCUT2D eigenvalue weighted by molar-refractivity contribution is -0.118. The molecule has 1 aliphatic carbocycles. The molecule has 0 N–H and O–H groups in total. The van der Waals surface area contributed by atoms with Crippen molar-refractivity contribution in [3.63, 3.8) is 0 Å². The number of rotatable bonds is 6. The van der Waals surface area contributed by atoms with E-state index in [4.69, 9.17) is 0 Å². The smallest absolute Gasteiger partial charge is 0.226 e. The van der Waals surface area contributed by atoms with Gasteiger partial charge in [-0.25, -0.2) is 0 Å². The number of amides is 1. The van der Waals surface area contributed by atoms with Crippen LogP contribution >= 0.6 is 0 Å². The van der Waals surface area contributed by atoms with E-state index in [2.05, 4.69) is 6.92 Å². The van der Waals surface area contributed by atoms with Crippen molar-refractivity contribution in [2.75, 3.05) is 11.4 Å². The molecule has 0 heterocycles. The van der Waals surface area contributed by atoms with Crippen molar-refractivity contribution < 1.29 is 14.4 Å². The van der Waals surface area contributed by atoms with Crippen LogP contribution < -0.4 is 4.90 Å². The number of carbonyl (C=O) groups excluding carboxylic acids is 3. The van der Waals surface area contributed by atoms with E-state index < -0.39 is 0 Å². The molecule has 1 amide bonds. The van der Waals surface area contributed by atoms with Gasteiger partial charge in [-0.2, -0.15) is 0 Å². The first kappa shape index (κ1) is 18.1. The van der Waals surface area contributed by atoms with E-state index in [1.807, 2.05) is 6.92 Å². The van der Waals surface area contributed by atoms with Gasteiger partial charge in [0.1, 0.15) is 0 Å². The molecule has 4 heteroatoms. The summed E-state index contributed by atoms with van der Waals surface area (Å²) in [6.07, 6.45) is 3.32. The van der Waals surface area contributed by atoms with Gasteiger partial charge in [0.05, 0.1) is 11.3 Å². The van der Waals surface area contributed by atoms with Crippen LogP contribution in [0, 0.1) is 0 Å². The summed E-state index contributed by atoms with van der Waals surface area (Å²) >= 11 is 0. The number of ketones is 2. The average Bonchev–Trinajstić information content (AvgIpc) is 2.67. The molecule has 0 saturated carbocycles. The largest absolute Gasteiger partial charge is 0.312 e. The quantitative estimate of drug-likeness (QED) is 0.620. The first-order chi connectivity index (χ1) is 12.6. The molecule has 4 nitrogen and oxygen atoms in total. The SMILES string of the molecule is CCCCCC(=O)N(CC)c1cccc2c1C(=O)c1ccccc1C2=O. The standard InChI is InChI=1S/C22H23NO3/c1-3-5-6-14-19(24)23(4-2)18-13-9-12-17-20(18)22(26)16-11-8-7-10-15(16)21(17)25/h7-13H,3-6,14H2,1-2H3. The Kier molecular flexibility index (Phi) is 5.31. The molecule has 0 aromatic heterocycles. The fraction of sp³-hybridized carbons (Fsp3) is 0.318. The first-order valence-electron chi connectivity index (χ1n) is 9.21. The lowest BCUT2D eigenvalue weighted by Gasteiger charge is -2.27. The second kappa shape index (κ2) is 7.65. The monoisotopic (exact) mass is 349 g/mol. The number of fused-ring (bicyclic) bond motifs is 2. The maximum absolute atomic E-state index is 13.1. The minimum absolute atomic E-state index is 0.00606. The Morgan fingerprint density at radius 2 is 1.50 bits per heavy atom. The van der Waals surface area contributed by atoms with Crippen LogP contribution in [-0.4, -0.2) is 24.0 Å². The third-order valence-electron chi connectivity index (χ3n) is 4.83.